The molecule has 0 bridgehead atoms. The lowest BCUT2D eigenvalue weighted by molar-refractivity contribution is 0.277. The van der Waals surface area contributed by atoms with Crippen molar-refractivity contribution in [3.8, 4) is 5.81 Å². The zero-order valence-corrected chi connectivity index (χ0v) is 9.38. The predicted molar refractivity (Wildman–Crippen MR) is 52.4 cm³/mol. The molecule has 1 atom stereocenters. The van der Waals surface area contributed by atoms with E-state index in [0.29, 0.717) is 13.2 Å². The monoisotopic (exact) mass is 204 g/mol. The van der Waals surface area contributed by atoms with Crippen LogP contribution in [0.25, 0.3) is 0 Å². The lowest BCUT2D eigenvalue weighted by Crippen LogP contribution is -2.15. The van der Waals surface area contributed by atoms with Crippen molar-refractivity contribution >= 4 is 7.52 Å². The van der Waals surface area contributed by atoms with Gasteiger partial charge in [0.05, 0.1) is 6.61 Å². The molecular formula is C8H17N2O2P. The molecule has 76 valence electrons. The smallest absolute Gasteiger partial charge is 0.307 e. The molecule has 0 aromatic carbocycles. The highest BCUT2D eigenvalue weighted by molar-refractivity contribution is 7.61. The number of hydrogen-bond donors (Lipinski definition) is 0. The van der Waals surface area contributed by atoms with Crippen molar-refractivity contribution in [3.05, 3.63) is 0 Å². The molecule has 5 heteroatoms. The molecule has 0 aliphatic carbocycles. The van der Waals surface area contributed by atoms with Crippen molar-refractivity contribution < 1.29 is 9.09 Å². The zero-order chi connectivity index (χ0) is 10.3. The first kappa shape index (κ1) is 12.6. The van der Waals surface area contributed by atoms with Gasteiger partial charge in [-0.2, -0.15) is 5.26 Å². The van der Waals surface area contributed by atoms with E-state index in [4.69, 9.17) is 9.79 Å². The van der Waals surface area contributed by atoms with Gasteiger partial charge in [-0.05, 0) is 13.5 Å². The predicted octanol–water partition coefficient (Wildman–Crippen LogP) is 2.43. The van der Waals surface area contributed by atoms with Crippen LogP contribution in [-0.4, -0.2) is 24.9 Å². The molecule has 4 nitrogen and oxygen atoms in total. The molecule has 0 heterocycles. The topological polar surface area (TPSA) is 53.3 Å². The number of nitriles is 1. The summed E-state index contributed by atoms with van der Waals surface area (Å²) in [6.07, 6.45) is 1.81. The molecule has 0 fully saturated rings. The zero-order valence-electron chi connectivity index (χ0n) is 8.49. The molecule has 0 saturated heterocycles. The highest BCUT2D eigenvalue weighted by atomic mass is 31.2. The summed E-state index contributed by atoms with van der Waals surface area (Å²) in [6, 6.07) is 0. The van der Waals surface area contributed by atoms with E-state index in [-0.39, 0.29) is 0 Å². The molecule has 0 radical (unpaired) electrons. The third kappa shape index (κ3) is 3.91. The average molecular weight is 204 g/mol. The van der Waals surface area contributed by atoms with E-state index in [0.717, 1.165) is 12.8 Å². The lowest BCUT2D eigenvalue weighted by Gasteiger charge is -2.19. The maximum absolute atomic E-state index is 11.7. The van der Waals surface area contributed by atoms with Crippen molar-refractivity contribution in [2.24, 2.45) is 0 Å². The third-order valence-electron chi connectivity index (χ3n) is 1.80. The number of rotatable bonds is 6. The minimum absolute atomic E-state index is 0.395. The van der Waals surface area contributed by atoms with Crippen LogP contribution in [0.1, 0.15) is 26.7 Å². The van der Waals surface area contributed by atoms with Crippen molar-refractivity contribution in [2.75, 3.05) is 20.2 Å². The van der Waals surface area contributed by atoms with Gasteiger partial charge in [0.1, 0.15) is 0 Å². The maximum Gasteiger partial charge on any atom is 0.370 e. The van der Waals surface area contributed by atoms with E-state index in [1.54, 1.807) is 12.9 Å². The van der Waals surface area contributed by atoms with Gasteiger partial charge in [0.2, 0.25) is 0 Å². The van der Waals surface area contributed by atoms with E-state index >= 15 is 0 Å². The van der Waals surface area contributed by atoms with E-state index in [1.807, 2.05) is 13.8 Å². The Kier molecular flexibility index (Phi) is 5.98. The fraction of sp³-hybridized carbons (Fsp3) is 0.875. The molecule has 0 aromatic rings. The van der Waals surface area contributed by atoms with Crippen molar-refractivity contribution in [3.63, 3.8) is 0 Å². The minimum atomic E-state index is -3.18. The van der Waals surface area contributed by atoms with Gasteiger partial charge in [0.25, 0.3) is 0 Å². The van der Waals surface area contributed by atoms with Crippen molar-refractivity contribution in [1.29, 1.82) is 5.26 Å². The highest BCUT2D eigenvalue weighted by Gasteiger charge is 2.27. The Bertz CT molecular complexity index is 225. The molecule has 0 aromatic heterocycles. The Hall–Kier alpha value is -0.360. The summed E-state index contributed by atoms with van der Waals surface area (Å²) in [4.78, 5) is 0. The molecule has 0 N–H and O–H groups in total. The second kappa shape index (κ2) is 6.15. The SMILES string of the molecule is CCCCOP(=O)(C#N)N(C)CC. The Morgan fingerprint density at radius 2 is 2.15 bits per heavy atom. The number of hydrogen-bond acceptors (Lipinski definition) is 3. The molecule has 1 unspecified atom stereocenters. The molecule has 13 heavy (non-hydrogen) atoms. The van der Waals surface area contributed by atoms with Crippen molar-refractivity contribution in [2.45, 2.75) is 26.7 Å². The Morgan fingerprint density at radius 3 is 2.54 bits per heavy atom. The quantitative estimate of drug-likeness (QED) is 0.492. The second-order valence-electron chi connectivity index (χ2n) is 2.78. The lowest BCUT2D eigenvalue weighted by atomic mass is 10.4. The first-order chi connectivity index (χ1) is 6.10. The van der Waals surface area contributed by atoms with Gasteiger partial charge in [0.15, 0.2) is 5.81 Å². The summed E-state index contributed by atoms with van der Waals surface area (Å²) in [5.41, 5.74) is 0. The summed E-state index contributed by atoms with van der Waals surface area (Å²) in [5.74, 6) is 1.75. The summed E-state index contributed by atoms with van der Waals surface area (Å²) >= 11 is 0. The highest BCUT2D eigenvalue weighted by Crippen LogP contribution is 2.48. The van der Waals surface area contributed by atoms with Gasteiger partial charge in [-0.3, -0.25) is 4.57 Å². The largest absolute Gasteiger partial charge is 0.370 e. The van der Waals surface area contributed by atoms with Crippen LogP contribution in [0, 0.1) is 11.1 Å². The van der Waals surface area contributed by atoms with Crippen LogP contribution < -0.4 is 0 Å². The average Bonchev–Trinajstić information content (AvgIpc) is 2.16. The van der Waals surface area contributed by atoms with Crippen molar-refractivity contribution in [1.82, 2.24) is 4.67 Å². The normalized spacial score (nSPS) is 15.3. The van der Waals surface area contributed by atoms with Crippen LogP contribution in [0.15, 0.2) is 0 Å². The fourth-order valence-corrected chi connectivity index (χ4v) is 1.88. The van der Waals surface area contributed by atoms with E-state index < -0.39 is 7.52 Å². The standard InChI is InChI=1S/C8H17N2O2P/c1-4-6-7-12-13(11,8-9)10(3)5-2/h4-7H2,1-3H3. The van der Waals surface area contributed by atoms with Crippen LogP contribution in [-0.2, 0) is 9.09 Å². The van der Waals surface area contributed by atoms with E-state index in [9.17, 15) is 4.57 Å². The molecule has 0 saturated carbocycles. The van der Waals surface area contributed by atoms with E-state index in [1.165, 1.54) is 4.67 Å². The molecule has 0 aliphatic heterocycles. The summed E-state index contributed by atoms with van der Waals surface area (Å²) in [6.45, 7) is 4.81. The molecule has 0 aliphatic rings. The van der Waals surface area contributed by atoms with E-state index in [2.05, 4.69) is 0 Å². The Morgan fingerprint density at radius 1 is 1.54 bits per heavy atom. The van der Waals surface area contributed by atoms with Crippen LogP contribution >= 0.6 is 7.52 Å². The summed E-state index contributed by atoms with van der Waals surface area (Å²) in [5, 5.41) is 8.71. The van der Waals surface area contributed by atoms with Gasteiger partial charge in [-0.15, -0.1) is 0 Å². The van der Waals surface area contributed by atoms with Gasteiger partial charge in [0, 0.05) is 6.54 Å². The number of unbranched alkanes of at least 4 members (excludes halogenated alkanes) is 1. The summed E-state index contributed by atoms with van der Waals surface area (Å²) < 4.78 is 18.3. The summed E-state index contributed by atoms with van der Waals surface area (Å²) in [7, 11) is -1.55. The molecule has 0 rings (SSSR count). The third-order valence-corrected chi connectivity index (χ3v) is 3.76. The molecule has 0 spiro atoms. The first-order valence-corrected chi connectivity index (χ1v) is 6.06. The van der Waals surface area contributed by atoms with Gasteiger partial charge < -0.3 is 4.52 Å². The van der Waals surface area contributed by atoms with Crippen LogP contribution in [0.4, 0.5) is 0 Å². The van der Waals surface area contributed by atoms with Gasteiger partial charge in [-0.1, -0.05) is 20.3 Å². The first-order valence-electron chi connectivity index (χ1n) is 4.48. The van der Waals surface area contributed by atoms with Gasteiger partial charge >= 0.3 is 7.52 Å². The Labute approximate surface area is 80.0 Å². The fourth-order valence-electron chi connectivity index (χ4n) is 0.723. The molecule has 0 amide bonds. The number of nitrogens with zero attached hydrogens (tertiary/aromatic N) is 2. The maximum atomic E-state index is 11.7. The van der Waals surface area contributed by atoms with Gasteiger partial charge in [-0.25, -0.2) is 4.67 Å². The second-order valence-corrected chi connectivity index (χ2v) is 4.96. The van der Waals surface area contributed by atoms with Crippen LogP contribution in [0.5, 0.6) is 0 Å². The molecular weight excluding hydrogens is 187 g/mol. The van der Waals surface area contributed by atoms with Crippen LogP contribution in [0.2, 0.25) is 0 Å². The van der Waals surface area contributed by atoms with Crippen LogP contribution in [0.3, 0.4) is 0 Å². The minimum Gasteiger partial charge on any atom is -0.307 e. The Balaban J connectivity index is 4.15.